The van der Waals surface area contributed by atoms with Crippen molar-refractivity contribution in [2.45, 2.75) is 24.8 Å². The Balaban J connectivity index is 2.00. The summed E-state index contributed by atoms with van der Waals surface area (Å²) in [7, 11) is 0. The second kappa shape index (κ2) is 9.93. The van der Waals surface area contributed by atoms with E-state index >= 15 is 0 Å². The molecule has 0 atom stereocenters. The van der Waals surface area contributed by atoms with Crippen molar-refractivity contribution in [1.82, 2.24) is 9.97 Å². The van der Waals surface area contributed by atoms with E-state index in [2.05, 4.69) is 24.9 Å². The Labute approximate surface area is 173 Å². The topological polar surface area (TPSA) is 49.6 Å². The third kappa shape index (κ3) is 5.13. The molecule has 2 heterocycles. The van der Waals surface area contributed by atoms with Crippen LogP contribution in [0, 0.1) is 18.3 Å². The Hall–Kier alpha value is -1.81. The minimum atomic E-state index is 0.633. The van der Waals surface area contributed by atoms with Gasteiger partial charge in [-0.15, -0.1) is 11.3 Å². The number of hydrogen-bond donors (Lipinski definition) is 0. The minimum absolute atomic E-state index is 0.633. The second-order valence-electron chi connectivity index (χ2n) is 5.91. The van der Waals surface area contributed by atoms with Crippen LogP contribution in [0.4, 0.5) is 0 Å². The van der Waals surface area contributed by atoms with Crippen molar-refractivity contribution in [2.24, 2.45) is 0 Å². The van der Waals surface area contributed by atoms with Crippen molar-refractivity contribution >= 4 is 34.9 Å². The summed E-state index contributed by atoms with van der Waals surface area (Å²) in [5.41, 5.74) is 4.30. The van der Waals surface area contributed by atoms with Gasteiger partial charge in [-0.2, -0.15) is 17.0 Å². The van der Waals surface area contributed by atoms with Crippen LogP contribution in [0.2, 0.25) is 0 Å². The molecule has 0 unspecified atom stereocenters. The molecule has 0 spiro atoms. The van der Waals surface area contributed by atoms with Crippen LogP contribution in [0.5, 0.6) is 0 Å². The van der Waals surface area contributed by atoms with Gasteiger partial charge in [0.1, 0.15) is 21.8 Å². The van der Waals surface area contributed by atoms with Crippen molar-refractivity contribution in [3.63, 3.8) is 0 Å². The Kier molecular flexibility index (Phi) is 7.33. The molecule has 137 valence electrons. The lowest BCUT2D eigenvalue weighted by Crippen LogP contribution is -1.96. The van der Waals surface area contributed by atoms with E-state index in [9.17, 15) is 5.26 Å². The zero-order valence-corrected chi connectivity index (χ0v) is 17.6. The lowest BCUT2D eigenvalue weighted by atomic mass is 10.00. The SMILES string of the molecule is [CH2]c1ccc(-c2cc(-c3nccs3)nc(SCSCCCC)c2C#N)cc1. The fourth-order valence-electron chi connectivity index (χ4n) is 2.51. The van der Waals surface area contributed by atoms with Gasteiger partial charge in [0.25, 0.3) is 0 Å². The lowest BCUT2D eigenvalue weighted by Gasteiger charge is -2.11. The molecule has 0 saturated carbocycles. The van der Waals surface area contributed by atoms with E-state index in [0.717, 1.165) is 43.3 Å². The van der Waals surface area contributed by atoms with Gasteiger partial charge in [-0.1, -0.05) is 49.4 Å². The molecular weight excluding hydrogens is 390 g/mol. The first-order valence-corrected chi connectivity index (χ1v) is 11.7. The van der Waals surface area contributed by atoms with Gasteiger partial charge in [-0.25, -0.2) is 9.97 Å². The summed E-state index contributed by atoms with van der Waals surface area (Å²) >= 11 is 5.09. The minimum Gasteiger partial charge on any atom is -0.243 e. The fraction of sp³-hybridized carbons (Fsp3) is 0.238. The van der Waals surface area contributed by atoms with Crippen LogP contribution >= 0.6 is 34.9 Å². The molecule has 1 radical (unpaired) electrons. The van der Waals surface area contributed by atoms with Crippen LogP contribution in [-0.2, 0) is 0 Å². The van der Waals surface area contributed by atoms with Crippen LogP contribution in [-0.4, -0.2) is 20.8 Å². The van der Waals surface area contributed by atoms with Crippen molar-refractivity contribution < 1.29 is 0 Å². The van der Waals surface area contributed by atoms with E-state index in [1.807, 2.05) is 47.5 Å². The quantitative estimate of drug-likeness (QED) is 0.241. The van der Waals surface area contributed by atoms with Gasteiger partial charge in [0.05, 0.1) is 5.56 Å². The largest absolute Gasteiger partial charge is 0.243 e. The first-order chi connectivity index (χ1) is 13.2. The number of benzene rings is 1. The molecular formula is C21H20N3S3. The van der Waals surface area contributed by atoms with Crippen LogP contribution in [0.3, 0.4) is 0 Å². The second-order valence-corrected chi connectivity index (χ2v) is 9.23. The molecule has 3 rings (SSSR count). The number of aromatic nitrogens is 2. The van der Waals surface area contributed by atoms with E-state index in [4.69, 9.17) is 4.98 Å². The van der Waals surface area contributed by atoms with Gasteiger partial charge in [0, 0.05) is 22.2 Å². The highest BCUT2D eigenvalue weighted by Gasteiger charge is 2.16. The van der Waals surface area contributed by atoms with Crippen LogP contribution in [0.25, 0.3) is 21.8 Å². The molecule has 0 fully saturated rings. The number of pyridine rings is 1. The zero-order valence-electron chi connectivity index (χ0n) is 15.1. The van der Waals surface area contributed by atoms with Crippen LogP contribution in [0.1, 0.15) is 30.9 Å². The first-order valence-electron chi connectivity index (χ1n) is 8.71. The highest BCUT2D eigenvalue weighted by atomic mass is 32.2. The van der Waals surface area contributed by atoms with E-state index < -0.39 is 0 Å². The number of thioether (sulfide) groups is 2. The maximum Gasteiger partial charge on any atom is 0.141 e. The Morgan fingerprint density at radius 3 is 2.74 bits per heavy atom. The maximum absolute atomic E-state index is 9.84. The highest BCUT2D eigenvalue weighted by molar-refractivity contribution is 8.15. The third-order valence-corrected chi connectivity index (χ3v) is 7.02. The zero-order chi connectivity index (χ0) is 19.1. The molecule has 0 amide bonds. The predicted molar refractivity (Wildman–Crippen MR) is 118 cm³/mol. The van der Waals surface area contributed by atoms with Crippen molar-refractivity contribution in [2.75, 3.05) is 10.8 Å². The highest BCUT2D eigenvalue weighted by Crippen LogP contribution is 2.35. The van der Waals surface area contributed by atoms with Gasteiger partial charge < -0.3 is 0 Å². The molecule has 0 bridgehead atoms. The summed E-state index contributed by atoms with van der Waals surface area (Å²) in [5.74, 6) is 1.13. The molecule has 1 aromatic carbocycles. The smallest absolute Gasteiger partial charge is 0.141 e. The summed E-state index contributed by atoms with van der Waals surface area (Å²) in [6.07, 6.45) is 4.20. The number of thiazole rings is 1. The molecule has 0 saturated heterocycles. The Bertz CT molecular complexity index is 913. The molecule has 3 aromatic rings. The molecule has 3 nitrogen and oxygen atoms in total. The van der Waals surface area contributed by atoms with E-state index in [1.54, 1.807) is 29.3 Å². The first kappa shape index (κ1) is 19.9. The summed E-state index contributed by atoms with van der Waals surface area (Å²) in [6.45, 7) is 6.14. The predicted octanol–water partition coefficient (Wildman–Crippen LogP) is 6.51. The van der Waals surface area contributed by atoms with Gasteiger partial charge in [-0.05, 0) is 36.3 Å². The van der Waals surface area contributed by atoms with Crippen molar-refractivity contribution in [3.05, 3.63) is 60.0 Å². The Morgan fingerprint density at radius 1 is 1.26 bits per heavy atom. The lowest BCUT2D eigenvalue weighted by molar-refractivity contribution is 0.897. The normalized spacial score (nSPS) is 10.7. The molecule has 0 aliphatic heterocycles. The van der Waals surface area contributed by atoms with E-state index in [0.29, 0.717) is 5.56 Å². The molecule has 6 heteroatoms. The molecule has 0 N–H and O–H groups in total. The summed E-state index contributed by atoms with van der Waals surface area (Å²) < 4.78 is 0. The molecule has 0 aliphatic carbocycles. The maximum atomic E-state index is 9.84. The van der Waals surface area contributed by atoms with Crippen LogP contribution < -0.4 is 0 Å². The summed E-state index contributed by atoms with van der Waals surface area (Å²) in [4.78, 5) is 9.17. The number of rotatable bonds is 8. The van der Waals surface area contributed by atoms with E-state index in [-0.39, 0.29) is 0 Å². The Morgan fingerprint density at radius 2 is 2.07 bits per heavy atom. The van der Waals surface area contributed by atoms with Gasteiger partial charge in [-0.3, -0.25) is 0 Å². The van der Waals surface area contributed by atoms with Crippen molar-refractivity contribution in [1.29, 1.82) is 5.26 Å². The van der Waals surface area contributed by atoms with Gasteiger partial charge >= 0.3 is 0 Å². The summed E-state index contributed by atoms with van der Waals surface area (Å²) in [5, 5.41) is 14.3. The number of unbranched alkanes of at least 4 members (excludes halogenated alkanes) is 1. The average molecular weight is 411 g/mol. The fourth-order valence-corrected chi connectivity index (χ4v) is 5.31. The standard InChI is InChI=1S/C21H20N3S3/c1-3-4-10-25-14-27-20-18(13-22)17(16-7-5-15(2)6-8-16)12-19(24-20)21-23-9-11-26-21/h5-9,11-12H,2-4,10,14H2,1H3. The van der Waals surface area contributed by atoms with Crippen LogP contribution in [0.15, 0.2) is 46.9 Å². The van der Waals surface area contributed by atoms with Gasteiger partial charge in [0.15, 0.2) is 0 Å². The van der Waals surface area contributed by atoms with Gasteiger partial charge in [0.2, 0.25) is 0 Å². The average Bonchev–Trinajstić information content (AvgIpc) is 3.22. The number of hydrogen-bond acceptors (Lipinski definition) is 6. The van der Waals surface area contributed by atoms with Crippen molar-refractivity contribution in [3.8, 4) is 27.9 Å². The summed E-state index contributed by atoms with van der Waals surface area (Å²) in [6, 6.07) is 12.3. The number of nitrogens with zero attached hydrogens (tertiary/aromatic N) is 3. The number of nitriles is 1. The molecule has 0 aliphatic rings. The molecule has 2 aromatic heterocycles. The van der Waals surface area contributed by atoms with E-state index in [1.165, 1.54) is 12.8 Å². The molecule has 27 heavy (non-hydrogen) atoms. The monoisotopic (exact) mass is 410 g/mol. The third-order valence-electron chi connectivity index (χ3n) is 3.94.